The highest BCUT2D eigenvalue weighted by molar-refractivity contribution is 8.13. The molecule has 0 radical (unpaired) electrons. The number of ether oxygens (including phenoxy) is 1. The van der Waals surface area contributed by atoms with Crippen LogP contribution in [-0.4, -0.2) is 30.5 Å². The Morgan fingerprint density at radius 1 is 1.19 bits per heavy atom. The zero-order chi connectivity index (χ0) is 18.8. The number of carbonyl (C=O) groups excluding carboxylic acids is 1. The summed E-state index contributed by atoms with van der Waals surface area (Å²) in [7, 11) is 1.65. The number of amidine groups is 1. The van der Waals surface area contributed by atoms with Crippen molar-refractivity contribution in [3.8, 4) is 5.75 Å². The topological polar surface area (TPSA) is 76.7 Å². The number of hydrogen-bond acceptors (Lipinski definition) is 4. The first-order chi connectivity index (χ1) is 12.6. The van der Waals surface area contributed by atoms with E-state index in [1.165, 1.54) is 11.8 Å². The average molecular weight is 372 g/mol. The number of nitrogens with one attached hydrogen (secondary N) is 1. The van der Waals surface area contributed by atoms with Gasteiger partial charge in [0.15, 0.2) is 5.17 Å². The molecule has 0 unspecified atom stereocenters. The van der Waals surface area contributed by atoms with Crippen molar-refractivity contribution in [2.75, 3.05) is 19.4 Å². The van der Waals surface area contributed by atoms with Crippen molar-refractivity contribution in [1.29, 1.82) is 0 Å². The molecule has 1 amide bonds. The minimum atomic E-state index is -0.108. The molecule has 0 aliphatic rings. The van der Waals surface area contributed by atoms with Crippen LogP contribution in [0.5, 0.6) is 5.75 Å². The third kappa shape index (κ3) is 6.11. The van der Waals surface area contributed by atoms with Crippen molar-refractivity contribution in [3.63, 3.8) is 0 Å². The summed E-state index contributed by atoms with van der Waals surface area (Å²) in [5.74, 6) is 1.67. The van der Waals surface area contributed by atoms with E-state index < -0.39 is 0 Å². The van der Waals surface area contributed by atoms with Crippen LogP contribution in [-0.2, 0) is 6.42 Å². The number of carbonyl (C=O) groups is 1. The first-order valence-electron chi connectivity index (χ1n) is 8.61. The second-order valence-electron chi connectivity index (χ2n) is 5.66. The predicted octanol–water partition coefficient (Wildman–Crippen LogP) is 3.76. The molecule has 0 saturated heterocycles. The predicted molar refractivity (Wildman–Crippen MR) is 110 cm³/mol. The molecule has 0 aromatic heterocycles. The molecule has 26 heavy (non-hydrogen) atoms. The molecule has 0 spiro atoms. The smallest absolute Gasteiger partial charge is 0.251 e. The second kappa shape index (κ2) is 10.5. The fourth-order valence-electron chi connectivity index (χ4n) is 2.38. The van der Waals surface area contributed by atoms with E-state index in [2.05, 4.69) is 17.2 Å². The normalized spacial score (nSPS) is 11.2. The van der Waals surface area contributed by atoms with Gasteiger partial charge in [-0.05, 0) is 48.7 Å². The minimum absolute atomic E-state index is 0.108. The molecule has 0 fully saturated rings. The summed E-state index contributed by atoms with van der Waals surface area (Å²) in [4.78, 5) is 16.6. The van der Waals surface area contributed by atoms with Gasteiger partial charge >= 0.3 is 0 Å². The number of benzene rings is 2. The van der Waals surface area contributed by atoms with E-state index in [1.807, 2.05) is 24.3 Å². The number of thioether (sulfide) groups is 1. The molecular formula is C20H25N3O2S. The van der Waals surface area contributed by atoms with E-state index in [9.17, 15) is 4.79 Å². The van der Waals surface area contributed by atoms with Gasteiger partial charge in [-0.25, -0.2) is 4.99 Å². The summed E-state index contributed by atoms with van der Waals surface area (Å²) in [6.45, 7) is 2.64. The van der Waals surface area contributed by atoms with Crippen LogP contribution in [0.4, 0.5) is 5.69 Å². The molecule has 138 valence electrons. The van der Waals surface area contributed by atoms with Gasteiger partial charge in [-0.1, -0.05) is 36.9 Å². The van der Waals surface area contributed by atoms with Gasteiger partial charge in [-0.2, -0.15) is 0 Å². The molecule has 2 aromatic carbocycles. The first kappa shape index (κ1) is 19.8. The molecule has 0 heterocycles. The Hall–Kier alpha value is -2.47. The van der Waals surface area contributed by atoms with E-state index in [4.69, 9.17) is 10.5 Å². The van der Waals surface area contributed by atoms with E-state index in [-0.39, 0.29) is 5.91 Å². The Labute approximate surface area is 159 Å². The van der Waals surface area contributed by atoms with Crippen molar-refractivity contribution in [3.05, 3.63) is 59.7 Å². The van der Waals surface area contributed by atoms with E-state index in [1.54, 1.807) is 31.4 Å². The van der Waals surface area contributed by atoms with Crippen molar-refractivity contribution >= 4 is 28.5 Å². The molecule has 3 N–H and O–H groups in total. The summed E-state index contributed by atoms with van der Waals surface area (Å²) < 4.78 is 5.32. The number of aliphatic imine (C=N–C) groups is 1. The maximum Gasteiger partial charge on any atom is 0.251 e. The number of amides is 1. The molecule has 2 rings (SSSR count). The lowest BCUT2D eigenvalue weighted by molar-refractivity contribution is 0.0954. The van der Waals surface area contributed by atoms with Crippen LogP contribution in [0, 0.1) is 0 Å². The van der Waals surface area contributed by atoms with Gasteiger partial charge in [0.2, 0.25) is 0 Å². The van der Waals surface area contributed by atoms with Crippen LogP contribution in [0.15, 0.2) is 53.5 Å². The molecule has 0 bridgehead atoms. The van der Waals surface area contributed by atoms with Crippen molar-refractivity contribution < 1.29 is 9.53 Å². The number of para-hydroxylation sites is 1. The molecule has 5 nitrogen and oxygen atoms in total. The lowest BCUT2D eigenvalue weighted by Gasteiger charge is -2.09. The van der Waals surface area contributed by atoms with Crippen molar-refractivity contribution in [2.24, 2.45) is 10.7 Å². The van der Waals surface area contributed by atoms with Gasteiger partial charge in [0.25, 0.3) is 5.91 Å². The van der Waals surface area contributed by atoms with Gasteiger partial charge < -0.3 is 15.8 Å². The Bertz CT molecular complexity index is 745. The van der Waals surface area contributed by atoms with Crippen molar-refractivity contribution in [2.45, 2.75) is 19.8 Å². The number of nitrogens with zero attached hydrogens (tertiary/aromatic N) is 1. The van der Waals surface area contributed by atoms with Crippen LogP contribution in [0.1, 0.15) is 29.3 Å². The number of nitrogens with two attached hydrogens (primary N) is 1. The van der Waals surface area contributed by atoms with Gasteiger partial charge in [-0.3, -0.25) is 4.79 Å². The largest absolute Gasteiger partial charge is 0.496 e. The van der Waals surface area contributed by atoms with Crippen LogP contribution in [0.3, 0.4) is 0 Å². The first-order valence-corrected chi connectivity index (χ1v) is 9.59. The lowest BCUT2D eigenvalue weighted by Crippen LogP contribution is -2.25. The highest BCUT2D eigenvalue weighted by Gasteiger charge is 2.06. The molecule has 0 aliphatic heterocycles. The quantitative estimate of drug-likeness (QED) is 0.547. The Morgan fingerprint density at radius 3 is 2.62 bits per heavy atom. The van der Waals surface area contributed by atoms with Crippen LogP contribution < -0.4 is 15.8 Å². The highest BCUT2D eigenvalue weighted by Crippen LogP contribution is 2.18. The van der Waals surface area contributed by atoms with Gasteiger partial charge in [-0.15, -0.1) is 0 Å². The number of rotatable bonds is 8. The minimum Gasteiger partial charge on any atom is -0.496 e. The zero-order valence-corrected chi connectivity index (χ0v) is 16.0. The average Bonchev–Trinajstić information content (AvgIpc) is 2.67. The summed E-state index contributed by atoms with van der Waals surface area (Å²) in [5.41, 5.74) is 8.27. The van der Waals surface area contributed by atoms with Gasteiger partial charge in [0.1, 0.15) is 5.75 Å². The second-order valence-corrected chi connectivity index (χ2v) is 6.78. The Morgan fingerprint density at radius 2 is 1.92 bits per heavy atom. The molecular weight excluding hydrogens is 346 g/mol. The third-order valence-electron chi connectivity index (χ3n) is 3.70. The molecule has 0 atom stereocenters. The monoisotopic (exact) mass is 371 g/mol. The summed E-state index contributed by atoms with van der Waals surface area (Å²) in [6.07, 6.45) is 1.76. The number of methoxy groups -OCH3 is 1. The molecule has 0 saturated carbocycles. The van der Waals surface area contributed by atoms with Gasteiger partial charge in [0, 0.05) is 17.9 Å². The SMILES string of the molecule is CCCSC(N)=Nc1ccc(C(=O)NCCc2ccccc2OC)cc1. The number of hydrogen-bond donors (Lipinski definition) is 2. The Balaban J connectivity index is 1.87. The van der Waals surface area contributed by atoms with Crippen LogP contribution >= 0.6 is 11.8 Å². The Kier molecular flexibility index (Phi) is 8.02. The lowest BCUT2D eigenvalue weighted by atomic mass is 10.1. The van der Waals surface area contributed by atoms with Gasteiger partial charge in [0.05, 0.1) is 12.8 Å². The van der Waals surface area contributed by atoms with Crippen molar-refractivity contribution in [1.82, 2.24) is 5.32 Å². The van der Waals surface area contributed by atoms with Crippen LogP contribution in [0.2, 0.25) is 0 Å². The fourth-order valence-corrected chi connectivity index (χ4v) is 2.96. The molecule has 2 aromatic rings. The van der Waals surface area contributed by atoms with E-state index >= 15 is 0 Å². The summed E-state index contributed by atoms with van der Waals surface area (Å²) >= 11 is 1.53. The molecule has 0 aliphatic carbocycles. The fraction of sp³-hybridized carbons (Fsp3) is 0.300. The maximum absolute atomic E-state index is 12.3. The zero-order valence-electron chi connectivity index (χ0n) is 15.2. The summed E-state index contributed by atoms with van der Waals surface area (Å²) in [6, 6.07) is 14.9. The molecule has 6 heteroatoms. The van der Waals surface area contributed by atoms with Crippen LogP contribution in [0.25, 0.3) is 0 Å². The van der Waals surface area contributed by atoms with E-state index in [0.29, 0.717) is 23.7 Å². The highest BCUT2D eigenvalue weighted by atomic mass is 32.2. The maximum atomic E-state index is 12.3. The standard InChI is InChI=1S/C20H25N3O2S/c1-3-14-26-20(21)23-17-10-8-16(9-11-17)19(24)22-13-12-15-6-4-5-7-18(15)25-2/h4-11H,3,12-14H2,1-2H3,(H2,21,23)(H,22,24). The summed E-state index contributed by atoms with van der Waals surface area (Å²) in [5, 5.41) is 3.47. The van der Waals surface area contributed by atoms with E-state index in [0.717, 1.165) is 29.2 Å². The third-order valence-corrected chi connectivity index (χ3v) is 4.69.